The van der Waals surface area contributed by atoms with Crippen molar-refractivity contribution in [3.63, 3.8) is 0 Å². The molecule has 0 fully saturated rings. The van der Waals surface area contributed by atoms with Crippen molar-refractivity contribution in [3.8, 4) is 147 Å². The Morgan fingerprint density at radius 1 is 0.284 bits per heavy atom. The first-order valence-electron chi connectivity index (χ1n) is 39.1. The normalized spacial score (nSPS) is 11.9. The van der Waals surface area contributed by atoms with Crippen molar-refractivity contribution in [2.75, 3.05) is 0 Å². The van der Waals surface area contributed by atoms with Crippen molar-refractivity contribution in [2.24, 2.45) is 0 Å². The second kappa shape index (κ2) is 28.5. The molecule has 7 heterocycles. The van der Waals surface area contributed by atoms with E-state index in [1.807, 2.05) is 42.6 Å². The van der Waals surface area contributed by atoms with E-state index in [9.17, 15) is 0 Å². The summed E-state index contributed by atoms with van der Waals surface area (Å²) in [4.78, 5) is 53.9. The van der Waals surface area contributed by atoms with Gasteiger partial charge < -0.3 is 0 Å². The van der Waals surface area contributed by atoms with Gasteiger partial charge in [-0.15, -0.1) is 34.0 Å². The van der Waals surface area contributed by atoms with E-state index in [0.717, 1.165) is 159 Å². The second-order valence-electron chi connectivity index (χ2n) is 29.6. The number of rotatable bonds is 15. The van der Waals surface area contributed by atoms with Gasteiger partial charge in [-0.05, 0) is 119 Å². The van der Waals surface area contributed by atoms with Crippen LogP contribution in [0.3, 0.4) is 0 Å². The molecule has 0 bridgehead atoms. The van der Waals surface area contributed by atoms with Gasteiger partial charge in [-0.25, -0.2) is 49.8 Å². The predicted molar refractivity (Wildman–Crippen MR) is 480 cm³/mol. The third-order valence-electron chi connectivity index (χ3n) is 22.5. The fourth-order valence-corrected chi connectivity index (χ4v) is 20.5. The van der Waals surface area contributed by atoms with Gasteiger partial charge in [-0.2, -0.15) is 0 Å². The number of hydrogen-bond donors (Lipinski definition) is 0. The van der Waals surface area contributed by atoms with Crippen molar-refractivity contribution in [3.05, 3.63) is 361 Å². The molecule has 13 heteroatoms. The molecule has 7 aromatic heterocycles. The van der Waals surface area contributed by atoms with Gasteiger partial charge in [-0.3, -0.25) is 0 Å². The van der Waals surface area contributed by atoms with E-state index in [2.05, 4.69) is 299 Å². The summed E-state index contributed by atoms with van der Waals surface area (Å²) in [5.41, 5.74) is 24.6. The van der Waals surface area contributed by atoms with Crippen LogP contribution in [0.5, 0.6) is 0 Å². The molecule has 0 N–H and O–H groups in total. The first kappa shape index (κ1) is 68.7. The van der Waals surface area contributed by atoms with Crippen LogP contribution >= 0.6 is 34.0 Å². The molecule has 546 valence electrons. The zero-order valence-electron chi connectivity index (χ0n) is 63.0. The van der Waals surface area contributed by atoms with Crippen LogP contribution in [0.15, 0.2) is 328 Å². The Bertz CT molecular complexity index is 7530. The maximum atomic E-state index is 5.70. The van der Waals surface area contributed by atoms with Crippen LogP contribution in [-0.2, 0) is 19.3 Å². The van der Waals surface area contributed by atoms with Crippen LogP contribution in [0.25, 0.3) is 208 Å². The first-order valence-corrected chi connectivity index (χ1v) is 41.5. The molecule has 21 aromatic rings. The highest BCUT2D eigenvalue weighted by Crippen LogP contribution is 2.49. The van der Waals surface area contributed by atoms with Crippen LogP contribution in [0.2, 0.25) is 0 Å². The molecule has 0 atom stereocenters. The fraction of sp³-hybridized carbons (Fsp3) is 0.0485. The van der Waals surface area contributed by atoms with Gasteiger partial charge in [0.2, 0.25) is 0 Å². The minimum Gasteiger partial charge on any atom is -0.236 e. The molecular weight excluding hydrogens is 1470 g/mol. The molecule has 0 aliphatic heterocycles. The smallest absolute Gasteiger partial charge is 0.165 e. The third-order valence-corrected chi connectivity index (χ3v) is 26.1. The summed E-state index contributed by atoms with van der Waals surface area (Å²) in [5.74, 6) is 5.02. The minimum atomic E-state index is 0.579. The van der Waals surface area contributed by atoms with Crippen molar-refractivity contribution in [1.82, 2.24) is 49.8 Å². The van der Waals surface area contributed by atoms with Crippen molar-refractivity contribution in [2.45, 2.75) is 33.1 Å². The number of thiophene rings is 3. The number of fused-ring (bicyclic) bond motifs is 12. The molecule has 1 aliphatic rings. The Balaban J connectivity index is 0.643. The molecule has 0 unspecified atom stereocenters. The van der Waals surface area contributed by atoms with Gasteiger partial charge in [0.25, 0.3) is 0 Å². The molecule has 0 spiro atoms. The van der Waals surface area contributed by atoms with Gasteiger partial charge in [0, 0.05) is 152 Å². The summed E-state index contributed by atoms with van der Waals surface area (Å²) in [5, 5.41) is 7.10. The molecule has 22 rings (SSSR count). The molecular formula is C103H66N10S3. The maximum absolute atomic E-state index is 5.70. The highest BCUT2D eigenvalue weighted by molar-refractivity contribution is 7.27. The number of benzene rings is 14. The predicted octanol–water partition coefficient (Wildman–Crippen LogP) is 26.8. The van der Waals surface area contributed by atoms with Crippen LogP contribution in [0, 0.1) is 6.92 Å². The second-order valence-corrected chi connectivity index (χ2v) is 32.7. The average molecular weight is 1540 g/mol. The summed E-state index contributed by atoms with van der Waals surface area (Å²) < 4.78 is 7.05. The maximum Gasteiger partial charge on any atom is 0.165 e. The van der Waals surface area contributed by atoms with Crippen LogP contribution in [0.1, 0.15) is 40.3 Å². The molecule has 14 aromatic carbocycles. The standard InChI is InChI=1S/C103H66N10S3/c1-3-72-73(50-51-80(101-106-92(63-28-10-5-11-29-63)85-55-67-34-16-17-36-74(67)93(85)107-101)90(72)83-56-68(46-45-60(83)2)99-108-97(64-30-12-6-13-31-64)110-102(112-99)81-41-23-39-78-75-37-18-20-43-86(75)115-94(78)81)66-35-22-25-61(53-66)54-71-59-104-96(105-91(71)62-26-8-4-9-27-62)70-47-49-77-84-57-69(48-52-88(84)114-89(77)58-70)100-109-98(65-32-14-7-15-33-65)111-103(113-100)82-42-24-40-79-76-38-19-21-44-87(76)116-95(79)82/h4-53,56-59H,3,54-55H2,1-2H3. The SMILES string of the molecule is CCc1c(-c2cccc(Cc3cnc(-c4ccc5c(c4)sc4ccc(-c6nc(-c7ccccc7)nc(-c7cccc8c7sc7ccccc78)n6)cc45)nc3-c3ccccc3)c2)ccc(-c2nc(-c3ccccc3)c3c(n2)-c2ccccc2C3)c1-c1cc(-c2nc(-c3ccccc3)nc(-c3cccc4c3sc3ccccc34)n2)ccc1C. The molecule has 0 amide bonds. The summed E-state index contributed by atoms with van der Waals surface area (Å²) in [7, 11) is 0. The molecule has 0 saturated carbocycles. The van der Waals surface area contributed by atoms with E-state index < -0.39 is 0 Å². The fourth-order valence-electron chi connectivity index (χ4n) is 16.9. The van der Waals surface area contributed by atoms with Gasteiger partial charge in [-0.1, -0.05) is 268 Å². The molecule has 0 radical (unpaired) electrons. The lowest BCUT2D eigenvalue weighted by molar-refractivity contribution is 1.08. The van der Waals surface area contributed by atoms with Gasteiger partial charge >= 0.3 is 0 Å². The molecule has 1 aliphatic carbocycles. The third kappa shape index (κ3) is 12.1. The summed E-state index contributed by atoms with van der Waals surface area (Å²) >= 11 is 5.32. The lowest BCUT2D eigenvalue weighted by Crippen LogP contribution is -2.04. The topological polar surface area (TPSA) is 129 Å². The van der Waals surface area contributed by atoms with Crippen LogP contribution < -0.4 is 0 Å². The van der Waals surface area contributed by atoms with E-state index in [0.29, 0.717) is 59.4 Å². The van der Waals surface area contributed by atoms with E-state index in [-0.39, 0.29) is 0 Å². The number of aromatic nitrogens is 10. The summed E-state index contributed by atoms with van der Waals surface area (Å²) in [6.07, 6.45) is 4.07. The van der Waals surface area contributed by atoms with E-state index >= 15 is 0 Å². The van der Waals surface area contributed by atoms with Crippen molar-refractivity contribution >= 4 is 94.5 Å². The Kier molecular flexibility index (Phi) is 16.9. The quantitative estimate of drug-likeness (QED) is 0.0978. The Morgan fingerprint density at radius 2 is 0.759 bits per heavy atom. The number of aryl methyl sites for hydroxylation is 1. The van der Waals surface area contributed by atoms with E-state index in [1.165, 1.54) is 42.1 Å². The van der Waals surface area contributed by atoms with Gasteiger partial charge in [0.1, 0.15) is 0 Å². The van der Waals surface area contributed by atoms with Crippen LogP contribution in [0.4, 0.5) is 0 Å². The van der Waals surface area contributed by atoms with Crippen molar-refractivity contribution < 1.29 is 0 Å². The highest BCUT2D eigenvalue weighted by atomic mass is 32.1. The minimum absolute atomic E-state index is 0.579. The number of nitrogens with zero attached hydrogens (tertiary/aromatic N) is 10. The lowest BCUT2D eigenvalue weighted by Gasteiger charge is -2.22. The first-order chi connectivity index (χ1) is 57.3. The zero-order valence-corrected chi connectivity index (χ0v) is 65.4. The van der Waals surface area contributed by atoms with Gasteiger partial charge in [0.05, 0.1) is 17.1 Å². The Hall–Kier alpha value is -14.1. The van der Waals surface area contributed by atoms with E-state index in [4.69, 9.17) is 49.8 Å². The zero-order chi connectivity index (χ0) is 76.9. The van der Waals surface area contributed by atoms with E-state index in [1.54, 1.807) is 34.0 Å². The Labute approximate surface area is 680 Å². The van der Waals surface area contributed by atoms with Gasteiger partial charge in [0.15, 0.2) is 46.6 Å². The molecule has 116 heavy (non-hydrogen) atoms. The monoisotopic (exact) mass is 1540 g/mol. The molecule has 0 saturated heterocycles. The molecule has 10 nitrogen and oxygen atoms in total. The summed E-state index contributed by atoms with van der Waals surface area (Å²) in [6, 6.07) is 114. The highest BCUT2D eigenvalue weighted by Gasteiger charge is 2.30. The summed E-state index contributed by atoms with van der Waals surface area (Å²) in [6.45, 7) is 4.48. The number of hydrogen-bond acceptors (Lipinski definition) is 13. The van der Waals surface area contributed by atoms with Crippen molar-refractivity contribution in [1.29, 1.82) is 0 Å². The average Bonchev–Trinajstić information content (AvgIpc) is 1.52. The largest absolute Gasteiger partial charge is 0.236 e. The lowest BCUT2D eigenvalue weighted by atomic mass is 9.84. The Morgan fingerprint density at radius 3 is 1.41 bits per heavy atom. The van der Waals surface area contributed by atoms with Crippen LogP contribution in [-0.4, -0.2) is 49.8 Å².